The van der Waals surface area contributed by atoms with E-state index in [9.17, 15) is 0 Å². The molecule has 0 radical (unpaired) electrons. The molecule has 0 aromatic rings. The predicted octanol–water partition coefficient (Wildman–Crippen LogP) is 1.24. The molecule has 0 bridgehead atoms. The minimum absolute atomic E-state index is 0.286. The quantitative estimate of drug-likeness (QED) is 0.699. The van der Waals surface area contributed by atoms with Crippen molar-refractivity contribution >= 4 is 17.3 Å². The maximum Gasteiger partial charge on any atom is 0.168 e. The van der Waals surface area contributed by atoms with Crippen molar-refractivity contribution in [1.29, 1.82) is 0 Å². The lowest BCUT2D eigenvalue weighted by Gasteiger charge is -2.23. The van der Waals surface area contributed by atoms with Crippen LogP contribution in [0.25, 0.3) is 0 Å². The van der Waals surface area contributed by atoms with Crippen LogP contribution in [0.15, 0.2) is 0 Å². The Bertz CT molecular complexity index is 195. The van der Waals surface area contributed by atoms with Crippen LogP contribution in [0.4, 0.5) is 0 Å². The van der Waals surface area contributed by atoms with Crippen LogP contribution < -0.4 is 5.32 Å². The van der Waals surface area contributed by atoms with Crippen LogP contribution in [-0.4, -0.2) is 43.4 Å². The molecule has 1 atom stereocenters. The largest absolute Gasteiger partial charge is 0.383 e. The molecule has 4 heteroatoms. The molecule has 0 heterocycles. The van der Waals surface area contributed by atoms with Crippen LogP contribution in [-0.2, 0) is 4.74 Å². The van der Waals surface area contributed by atoms with E-state index in [2.05, 4.69) is 17.1 Å². The number of rotatable bonds is 5. The molecule has 0 aromatic carbocycles. The van der Waals surface area contributed by atoms with Crippen molar-refractivity contribution in [2.45, 2.75) is 25.8 Å². The van der Waals surface area contributed by atoms with Gasteiger partial charge in [0.2, 0.25) is 0 Å². The lowest BCUT2D eigenvalue weighted by molar-refractivity contribution is 0.178. The van der Waals surface area contributed by atoms with Gasteiger partial charge in [0.05, 0.1) is 6.61 Å². The summed E-state index contributed by atoms with van der Waals surface area (Å²) >= 11 is 5.27. The standard InChI is InChI=1S/C10H20N2OS/c1-8(7-13-3)11-10(14)12(2)6-9-4-5-9/h8-9H,4-7H2,1-3H3,(H,11,14). The SMILES string of the molecule is COCC(C)NC(=S)N(C)CC1CC1. The van der Waals surface area contributed by atoms with Crippen LogP contribution in [0.5, 0.6) is 0 Å². The molecule has 1 aliphatic rings. The average molecular weight is 216 g/mol. The minimum atomic E-state index is 0.286. The van der Waals surface area contributed by atoms with Crippen LogP contribution in [0, 0.1) is 5.92 Å². The van der Waals surface area contributed by atoms with E-state index in [-0.39, 0.29) is 6.04 Å². The van der Waals surface area contributed by atoms with Gasteiger partial charge in [0.25, 0.3) is 0 Å². The zero-order valence-electron chi connectivity index (χ0n) is 9.25. The molecule has 1 N–H and O–H groups in total. The van der Waals surface area contributed by atoms with Gasteiger partial charge in [-0.05, 0) is 37.9 Å². The first-order chi connectivity index (χ1) is 6.63. The average Bonchev–Trinajstić information content (AvgIpc) is 2.88. The Hall–Kier alpha value is -0.350. The Labute approximate surface area is 91.8 Å². The third kappa shape index (κ3) is 4.24. The van der Waals surface area contributed by atoms with E-state index in [1.54, 1.807) is 7.11 Å². The molecule has 1 fully saturated rings. The van der Waals surface area contributed by atoms with E-state index in [0.29, 0.717) is 6.61 Å². The fraction of sp³-hybridized carbons (Fsp3) is 0.900. The molecule has 1 aliphatic carbocycles. The Kier molecular flexibility index (Phi) is 4.62. The first-order valence-electron chi connectivity index (χ1n) is 5.14. The number of hydrogen-bond acceptors (Lipinski definition) is 2. The van der Waals surface area contributed by atoms with Crippen LogP contribution >= 0.6 is 12.2 Å². The summed E-state index contributed by atoms with van der Waals surface area (Å²) in [7, 11) is 3.75. The number of nitrogens with one attached hydrogen (secondary N) is 1. The highest BCUT2D eigenvalue weighted by molar-refractivity contribution is 7.80. The summed E-state index contributed by atoms with van der Waals surface area (Å²) in [5.41, 5.74) is 0. The molecule has 14 heavy (non-hydrogen) atoms. The summed E-state index contributed by atoms with van der Waals surface area (Å²) in [6, 6.07) is 0.286. The van der Waals surface area contributed by atoms with Crippen molar-refractivity contribution < 1.29 is 4.74 Å². The lowest BCUT2D eigenvalue weighted by Crippen LogP contribution is -2.44. The summed E-state index contributed by atoms with van der Waals surface area (Å²) in [6.45, 7) is 3.85. The predicted molar refractivity (Wildman–Crippen MR) is 62.4 cm³/mol. The van der Waals surface area contributed by atoms with E-state index >= 15 is 0 Å². The highest BCUT2D eigenvalue weighted by Gasteiger charge is 2.23. The fourth-order valence-electron chi connectivity index (χ4n) is 1.38. The molecule has 1 unspecified atom stereocenters. The monoisotopic (exact) mass is 216 g/mol. The second kappa shape index (κ2) is 5.51. The summed E-state index contributed by atoms with van der Waals surface area (Å²) in [5, 5.41) is 4.08. The van der Waals surface area contributed by atoms with Crippen LogP contribution in [0.3, 0.4) is 0 Å². The molecule has 0 spiro atoms. The molecular formula is C10H20N2OS. The molecule has 1 rings (SSSR count). The zero-order chi connectivity index (χ0) is 10.6. The minimum Gasteiger partial charge on any atom is -0.383 e. The zero-order valence-corrected chi connectivity index (χ0v) is 10.1. The lowest BCUT2D eigenvalue weighted by atomic mass is 10.3. The Morgan fingerprint density at radius 3 is 2.79 bits per heavy atom. The van der Waals surface area contributed by atoms with E-state index in [1.165, 1.54) is 12.8 Å². The van der Waals surface area contributed by atoms with Gasteiger partial charge in [-0.1, -0.05) is 0 Å². The fourth-order valence-corrected chi connectivity index (χ4v) is 1.66. The van der Waals surface area contributed by atoms with Crippen molar-refractivity contribution in [3.63, 3.8) is 0 Å². The van der Waals surface area contributed by atoms with Gasteiger partial charge in [0.15, 0.2) is 5.11 Å². The van der Waals surface area contributed by atoms with E-state index in [1.807, 2.05) is 7.05 Å². The van der Waals surface area contributed by atoms with Gasteiger partial charge in [-0.2, -0.15) is 0 Å². The number of methoxy groups -OCH3 is 1. The normalized spacial score (nSPS) is 17.6. The van der Waals surface area contributed by atoms with Gasteiger partial charge < -0.3 is 15.0 Å². The van der Waals surface area contributed by atoms with Gasteiger partial charge in [0, 0.05) is 26.7 Å². The third-order valence-corrected chi connectivity index (χ3v) is 2.79. The van der Waals surface area contributed by atoms with E-state index in [4.69, 9.17) is 17.0 Å². The molecule has 0 aliphatic heterocycles. The number of ether oxygens (including phenoxy) is 1. The first-order valence-corrected chi connectivity index (χ1v) is 5.55. The van der Waals surface area contributed by atoms with Gasteiger partial charge in [-0.25, -0.2) is 0 Å². The van der Waals surface area contributed by atoms with Gasteiger partial charge in [-0.15, -0.1) is 0 Å². The van der Waals surface area contributed by atoms with Gasteiger partial charge in [0.1, 0.15) is 0 Å². The summed E-state index contributed by atoms with van der Waals surface area (Å²) in [4.78, 5) is 2.12. The molecule has 0 saturated heterocycles. The first kappa shape index (κ1) is 11.7. The molecular weight excluding hydrogens is 196 g/mol. The van der Waals surface area contributed by atoms with Crippen molar-refractivity contribution in [3.05, 3.63) is 0 Å². The van der Waals surface area contributed by atoms with Crippen molar-refractivity contribution in [2.75, 3.05) is 27.3 Å². The molecule has 1 saturated carbocycles. The van der Waals surface area contributed by atoms with Crippen LogP contribution in [0.2, 0.25) is 0 Å². The number of nitrogens with zero attached hydrogens (tertiary/aromatic N) is 1. The smallest absolute Gasteiger partial charge is 0.168 e. The molecule has 3 nitrogen and oxygen atoms in total. The van der Waals surface area contributed by atoms with E-state index in [0.717, 1.165) is 17.6 Å². The highest BCUT2D eigenvalue weighted by Crippen LogP contribution is 2.29. The summed E-state index contributed by atoms with van der Waals surface area (Å²) in [6.07, 6.45) is 2.72. The van der Waals surface area contributed by atoms with Crippen molar-refractivity contribution in [1.82, 2.24) is 10.2 Å². The van der Waals surface area contributed by atoms with Gasteiger partial charge in [-0.3, -0.25) is 0 Å². The summed E-state index contributed by atoms with van der Waals surface area (Å²) in [5.74, 6) is 0.873. The van der Waals surface area contributed by atoms with Gasteiger partial charge >= 0.3 is 0 Å². The Balaban J connectivity index is 2.17. The van der Waals surface area contributed by atoms with Crippen molar-refractivity contribution in [3.8, 4) is 0 Å². The van der Waals surface area contributed by atoms with Crippen LogP contribution in [0.1, 0.15) is 19.8 Å². The topological polar surface area (TPSA) is 24.5 Å². The highest BCUT2D eigenvalue weighted by atomic mass is 32.1. The Morgan fingerprint density at radius 2 is 2.29 bits per heavy atom. The maximum atomic E-state index is 5.27. The van der Waals surface area contributed by atoms with E-state index < -0.39 is 0 Å². The third-order valence-electron chi connectivity index (χ3n) is 2.36. The Morgan fingerprint density at radius 1 is 1.64 bits per heavy atom. The number of hydrogen-bond donors (Lipinski definition) is 1. The molecule has 82 valence electrons. The second-order valence-electron chi connectivity index (χ2n) is 4.13. The molecule has 0 amide bonds. The summed E-state index contributed by atoms with van der Waals surface area (Å²) < 4.78 is 5.04. The molecule has 0 aromatic heterocycles. The van der Waals surface area contributed by atoms with Crippen molar-refractivity contribution in [2.24, 2.45) is 5.92 Å². The maximum absolute atomic E-state index is 5.27. The number of thiocarbonyl (C=S) groups is 1. The second-order valence-corrected chi connectivity index (χ2v) is 4.52.